The molecule has 28 heavy (non-hydrogen) atoms. The number of halogens is 1. The second-order valence-corrected chi connectivity index (χ2v) is 8.15. The average Bonchev–Trinajstić information content (AvgIpc) is 3.23. The average molecular weight is 381 g/mol. The van der Waals surface area contributed by atoms with Gasteiger partial charge in [-0.05, 0) is 49.4 Å². The van der Waals surface area contributed by atoms with E-state index in [2.05, 4.69) is 10.3 Å². The minimum atomic E-state index is -0.0880. The van der Waals surface area contributed by atoms with Crippen molar-refractivity contribution in [2.24, 2.45) is 0 Å². The van der Waals surface area contributed by atoms with Gasteiger partial charge in [0.2, 0.25) is 0 Å². The lowest BCUT2D eigenvalue weighted by Gasteiger charge is -2.36. The molecule has 0 spiro atoms. The number of aromatic nitrogens is 1. The number of rotatable bonds is 5. The number of piperidine rings is 1. The molecule has 0 unspecified atom stereocenters. The summed E-state index contributed by atoms with van der Waals surface area (Å²) in [5, 5.41) is 3.71. The van der Waals surface area contributed by atoms with E-state index < -0.39 is 0 Å². The van der Waals surface area contributed by atoms with Crippen molar-refractivity contribution in [3.8, 4) is 0 Å². The summed E-state index contributed by atoms with van der Waals surface area (Å²) in [5.41, 5.74) is 1.48. The molecular formula is C23H28FN3O. The van der Waals surface area contributed by atoms with Gasteiger partial charge in [-0.1, -0.05) is 31.0 Å². The van der Waals surface area contributed by atoms with Crippen LogP contribution in [0.1, 0.15) is 54.4 Å². The molecule has 1 saturated carbocycles. The fourth-order valence-corrected chi connectivity index (χ4v) is 4.79. The highest BCUT2D eigenvalue weighted by atomic mass is 19.1. The van der Waals surface area contributed by atoms with Crippen LogP contribution in [0.4, 0.5) is 4.39 Å². The van der Waals surface area contributed by atoms with Gasteiger partial charge in [0, 0.05) is 49.0 Å². The lowest BCUT2D eigenvalue weighted by atomic mass is 9.78. The standard InChI is InChI=1S/C23H28FN3O/c24-21-6-2-1-5-20(21)23(11-3-4-12-23)17-26-19-9-15-27(16-10-19)22(28)18-7-13-25-14-8-18/h1-2,5-8,13-14,19,26H,3-4,9-12,15-17H2. The Balaban J connectivity index is 1.35. The molecule has 0 radical (unpaired) electrons. The van der Waals surface area contributed by atoms with Gasteiger partial charge in [0.25, 0.3) is 5.91 Å². The van der Waals surface area contributed by atoms with Crippen LogP contribution in [0.2, 0.25) is 0 Å². The van der Waals surface area contributed by atoms with Gasteiger partial charge in [-0.15, -0.1) is 0 Å². The molecule has 0 bridgehead atoms. The Hall–Kier alpha value is -2.27. The maximum atomic E-state index is 14.5. The Kier molecular flexibility index (Phi) is 5.72. The zero-order chi connectivity index (χ0) is 19.4. The summed E-state index contributed by atoms with van der Waals surface area (Å²) in [5.74, 6) is 0.00318. The van der Waals surface area contributed by atoms with Crippen LogP contribution in [0.25, 0.3) is 0 Å². The van der Waals surface area contributed by atoms with E-state index in [4.69, 9.17) is 0 Å². The van der Waals surface area contributed by atoms with Crippen LogP contribution in [-0.4, -0.2) is 41.5 Å². The first-order valence-electron chi connectivity index (χ1n) is 10.4. The predicted octanol–water partition coefficient (Wildman–Crippen LogP) is 3.93. The molecule has 1 aromatic carbocycles. The highest BCUT2D eigenvalue weighted by Crippen LogP contribution is 2.41. The van der Waals surface area contributed by atoms with E-state index in [1.165, 1.54) is 0 Å². The molecule has 5 heteroatoms. The van der Waals surface area contributed by atoms with E-state index >= 15 is 0 Å². The molecule has 2 heterocycles. The number of hydrogen-bond acceptors (Lipinski definition) is 3. The lowest BCUT2D eigenvalue weighted by molar-refractivity contribution is 0.0703. The normalized spacial score (nSPS) is 19.7. The van der Waals surface area contributed by atoms with Crippen LogP contribution in [0.15, 0.2) is 48.8 Å². The summed E-state index contributed by atoms with van der Waals surface area (Å²) >= 11 is 0. The van der Waals surface area contributed by atoms with Gasteiger partial charge >= 0.3 is 0 Å². The Morgan fingerprint density at radius 2 is 1.79 bits per heavy atom. The maximum absolute atomic E-state index is 14.5. The molecule has 2 aliphatic rings. The molecule has 1 amide bonds. The Bertz CT molecular complexity index is 797. The van der Waals surface area contributed by atoms with Gasteiger partial charge in [0.15, 0.2) is 0 Å². The minimum absolute atomic E-state index is 0.0797. The van der Waals surface area contributed by atoms with E-state index in [1.54, 1.807) is 36.7 Å². The number of benzene rings is 1. The third-order valence-electron chi connectivity index (χ3n) is 6.44. The molecule has 1 aliphatic carbocycles. The van der Waals surface area contributed by atoms with Gasteiger partial charge in [-0.2, -0.15) is 0 Å². The molecule has 1 aliphatic heterocycles. The first-order chi connectivity index (χ1) is 13.7. The van der Waals surface area contributed by atoms with Crippen LogP contribution in [0.5, 0.6) is 0 Å². The molecule has 1 N–H and O–H groups in total. The number of likely N-dealkylation sites (tertiary alicyclic amines) is 1. The number of nitrogens with one attached hydrogen (secondary N) is 1. The number of carbonyl (C=O) groups is 1. The third-order valence-corrected chi connectivity index (χ3v) is 6.44. The molecule has 4 nitrogen and oxygen atoms in total. The molecule has 148 valence electrons. The SMILES string of the molecule is O=C(c1ccncc1)N1CCC(NCC2(c3ccccc3F)CCCC2)CC1. The van der Waals surface area contributed by atoms with Crippen molar-refractivity contribution < 1.29 is 9.18 Å². The summed E-state index contributed by atoms with van der Waals surface area (Å²) in [6.45, 7) is 2.33. The van der Waals surface area contributed by atoms with Crippen molar-refractivity contribution in [1.82, 2.24) is 15.2 Å². The smallest absolute Gasteiger partial charge is 0.253 e. The molecule has 2 fully saturated rings. The summed E-state index contributed by atoms with van der Waals surface area (Å²) in [6.07, 6.45) is 9.59. The van der Waals surface area contributed by atoms with Gasteiger partial charge in [0.05, 0.1) is 0 Å². The molecule has 1 saturated heterocycles. The zero-order valence-electron chi connectivity index (χ0n) is 16.2. The van der Waals surface area contributed by atoms with Crippen LogP contribution in [0, 0.1) is 5.82 Å². The van der Waals surface area contributed by atoms with E-state index in [0.29, 0.717) is 11.6 Å². The van der Waals surface area contributed by atoms with E-state index in [-0.39, 0.29) is 17.1 Å². The second kappa shape index (κ2) is 8.39. The van der Waals surface area contributed by atoms with Gasteiger partial charge in [0.1, 0.15) is 5.82 Å². The van der Waals surface area contributed by atoms with E-state index in [9.17, 15) is 9.18 Å². The summed E-state index contributed by atoms with van der Waals surface area (Å²) in [6, 6.07) is 11.2. The minimum Gasteiger partial charge on any atom is -0.339 e. The summed E-state index contributed by atoms with van der Waals surface area (Å²) in [4.78, 5) is 18.5. The van der Waals surface area contributed by atoms with Gasteiger partial charge in [-0.25, -0.2) is 4.39 Å². The maximum Gasteiger partial charge on any atom is 0.253 e. The van der Waals surface area contributed by atoms with E-state index in [0.717, 1.165) is 63.7 Å². The predicted molar refractivity (Wildman–Crippen MR) is 108 cm³/mol. The number of carbonyl (C=O) groups excluding carboxylic acids is 1. The molecule has 1 aromatic heterocycles. The quantitative estimate of drug-likeness (QED) is 0.854. The largest absolute Gasteiger partial charge is 0.339 e. The van der Waals surface area contributed by atoms with Crippen molar-refractivity contribution in [2.45, 2.75) is 50.0 Å². The van der Waals surface area contributed by atoms with Crippen molar-refractivity contribution in [1.29, 1.82) is 0 Å². The van der Waals surface area contributed by atoms with Gasteiger partial charge < -0.3 is 10.2 Å². The Labute approximate surface area is 166 Å². The molecule has 0 atom stereocenters. The van der Waals surface area contributed by atoms with Crippen molar-refractivity contribution in [2.75, 3.05) is 19.6 Å². The van der Waals surface area contributed by atoms with E-state index in [1.807, 2.05) is 17.0 Å². The molecule has 4 rings (SSSR count). The van der Waals surface area contributed by atoms with Crippen LogP contribution >= 0.6 is 0 Å². The molecular weight excluding hydrogens is 353 g/mol. The topological polar surface area (TPSA) is 45.2 Å². The second-order valence-electron chi connectivity index (χ2n) is 8.15. The van der Waals surface area contributed by atoms with Crippen LogP contribution in [0.3, 0.4) is 0 Å². The summed E-state index contributed by atoms with van der Waals surface area (Å²) in [7, 11) is 0. The van der Waals surface area contributed by atoms with Crippen molar-refractivity contribution >= 4 is 5.91 Å². The molecule has 2 aromatic rings. The Morgan fingerprint density at radius 1 is 1.11 bits per heavy atom. The highest BCUT2D eigenvalue weighted by Gasteiger charge is 2.38. The van der Waals surface area contributed by atoms with Gasteiger partial charge in [-0.3, -0.25) is 9.78 Å². The number of nitrogens with zero attached hydrogens (tertiary/aromatic N) is 2. The van der Waals surface area contributed by atoms with Crippen LogP contribution in [-0.2, 0) is 5.41 Å². The lowest BCUT2D eigenvalue weighted by Crippen LogP contribution is -2.48. The summed E-state index contributed by atoms with van der Waals surface area (Å²) < 4.78 is 14.5. The first kappa shape index (κ1) is 19.1. The zero-order valence-corrected chi connectivity index (χ0v) is 16.2. The number of hydrogen-bond donors (Lipinski definition) is 1. The monoisotopic (exact) mass is 381 g/mol. The van der Waals surface area contributed by atoms with Crippen LogP contribution < -0.4 is 5.32 Å². The fraction of sp³-hybridized carbons (Fsp3) is 0.478. The first-order valence-corrected chi connectivity index (χ1v) is 10.4. The number of amides is 1. The van der Waals surface area contributed by atoms with Crippen molar-refractivity contribution in [3.63, 3.8) is 0 Å². The third kappa shape index (κ3) is 3.95. The highest BCUT2D eigenvalue weighted by molar-refractivity contribution is 5.94. The van der Waals surface area contributed by atoms with Crippen molar-refractivity contribution in [3.05, 3.63) is 65.7 Å². The Morgan fingerprint density at radius 3 is 2.46 bits per heavy atom. The fourth-order valence-electron chi connectivity index (χ4n) is 4.79. The number of pyridine rings is 1.